The smallest absolute Gasteiger partial charge is 0.234 e. The Labute approximate surface area is 219 Å². The molecule has 198 valence electrons. The molecule has 0 fully saturated rings. The molecule has 8 heteroatoms. The van der Waals surface area contributed by atoms with E-state index in [2.05, 4.69) is 22.0 Å². The maximum absolute atomic E-state index is 14.3. The normalized spacial score (nSPS) is 25.3. The van der Waals surface area contributed by atoms with E-state index < -0.39 is 12.0 Å². The Hall–Kier alpha value is -3.10. The molecule has 4 bridgehead atoms. The molecule has 2 amide bonds. The van der Waals surface area contributed by atoms with Gasteiger partial charge in [-0.1, -0.05) is 18.2 Å². The molecule has 0 radical (unpaired) electrons. The Morgan fingerprint density at radius 2 is 1.68 bits per heavy atom. The minimum atomic E-state index is -0.445. The fourth-order valence-electron chi connectivity index (χ4n) is 5.58. The lowest BCUT2D eigenvalue weighted by molar-refractivity contribution is -0.134. The quantitative estimate of drug-likeness (QED) is 0.580. The fourth-order valence-corrected chi connectivity index (χ4v) is 5.58. The van der Waals surface area contributed by atoms with E-state index in [0.717, 1.165) is 73.5 Å². The van der Waals surface area contributed by atoms with E-state index in [-0.39, 0.29) is 17.9 Å². The van der Waals surface area contributed by atoms with E-state index in [1.54, 1.807) is 7.11 Å². The van der Waals surface area contributed by atoms with Crippen LogP contribution in [0.4, 0.5) is 0 Å². The van der Waals surface area contributed by atoms with Gasteiger partial charge in [0.05, 0.1) is 7.11 Å². The van der Waals surface area contributed by atoms with Crippen LogP contribution in [0.2, 0.25) is 0 Å². The third-order valence-corrected chi connectivity index (χ3v) is 7.62. The lowest BCUT2D eigenvalue weighted by atomic mass is 9.87. The summed E-state index contributed by atoms with van der Waals surface area (Å²) >= 11 is 0. The Morgan fingerprint density at radius 3 is 2.51 bits per heavy atom. The van der Waals surface area contributed by atoms with E-state index >= 15 is 0 Å². The number of benzene rings is 2. The molecule has 2 aromatic rings. The molecule has 3 atom stereocenters. The zero-order valence-electron chi connectivity index (χ0n) is 21.6. The average molecular weight is 507 g/mol. The minimum Gasteiger partial charge on any atom is -0.497 e. The van der Waals surface area contributed by atoms with Crippen molar-refractivity contribution in [3.8, 4) is 11.5 Å². The van der Waals surface area contributed by atoms with Gasteiger partial charge in [-0.05, 0) is 80.7 Å². The third-order valence-electron chi connectivity index (χ3n) is 7.62. The van der Waals surface area contributed by atoms with Crippen LogP contribution in [0.25, 0.3) is 0 Å². The van der Waals surface area contributed by atoms with Crippen LogP contribution in [-0.2, 0) is 9.59 Å². The van der Waals surface area contributed by atoms with Gasteiger partial charge in [0, 0.05) is 37.7 Å². The molecule has 2 aromatic carbocycles. The Kier molecular flexibility index (Phi) is 8.26. The van der Waals surface area contributed by atoms with Crippen molar-refractivity contribution in [1.29, 1.82) is 0 Å². The number of fused-ring (bicyclic) bond motifs is 1. The topological polar surface area (TPSA) is 91.9 Å². The monoisotopic (exact) mass is 506 g/mol. The van der Waals surface area contributed by atoms with Crippen LogP contribution in [0, 0.1) is 0 Å². The lowest BCUT2D eigenvalue weighted by Crippen LogP contribution is -2.39. The number of methoxy groups -OCH3 is 1. The minimum absolute atomic E-state index is 0.0291. The summed E-state index contributed by atoms with van der Waals surface area (Å²) in [5.74, 6) is 1.18. The molecule has 0 aromatic heterocycles. The molecule has 3 heterocycles. The highest BCUT2D eigenvalue weighted by Crippen LogP contribution is 2.48. The summed E-state index contributed by atoms with van der Waals surface area (Å²) in [4.78, 5) is 29.1. The predicted molar refractivity (Wildman–Crippen MR) is 142 cm³/mol. The van der Waals surface area contributed by atoms with Crippen molar-refractivity contribution in [3.05, 3.63) is 59.2 Å². The average Bonchev–Trinajstić information content (AvgIpc) is 3.30. The summed E-state index contributed by atoms with van der Waals surface area (Å²) in [5, 5.41) is 10.2. The molecule has 0 spiro atoms. The first-order valence-corrected chi connectivity index (χ1v) is 13.6. The van der Waals surface area contributed by atoms with Crippen molar-refractivity contribution < 1.29 is 19.1 Å². The van der Waals surface area contributed by atoms with Crippen LogP contribution in [0.3, 0.4) is 0 Å². The highest BCUT2D eigenvalue weighted by molar-refractivity contribution is 5.87. The number of nitrogens with zero attached hydrogens (tertiary/aromatic N) is 1. The van der Waals surface area contributed by atoms with Crippen LogP contribution < -0.4 is 25.4 Å². The van der Waals surface area contributed by atoms with Gasteiger partial charge in [0.2, 0.25) is 11.8 Å². The highest BCUT2D eigenvalue weighted by atomic mass is 16.5. The van der Waals surface area contributed by atoms with Crippen molar-refractivity contribution in [2.45, 2.75) is 50.2 Å². The number of amides is 2. The molecule has 3 aliphatic rings. The van der Waals surface area contributed by atoms with Crippen LogP contribution >= 0.6 is 0 Å². The maximum atomic E-state index is 14.3. The van der Waals surface area contributed by atoms with Crippen LogP contribution in [0.15, 0.2) is 42.5 Å². The van der Waals surface area contributed by atoms with E-state index in [1.807, 2.05) is 41.3 Å². The molecule has 8 nitrogen and oxygen atoms in total. The second-order valence-corrected chi connectivity index (χ2v) is 10.1. The number of carbonyl (C=O) groups is 2. The van der Waals surface area contributed by atoms with Crippen molar-refractivity contribution in [1.82, 2.24) is 20.9 Å². The van der Waals surface area contributed by atoms with Gasteiger partial charge in [0.25, 0.3) is 0 Å². The lowest BCUT2D eigenvalue weighted by Gasteiger charge is -2.28. The summed E-state index contributed by atoms with van der Waals surface area (Å²) in [7, 11) is 1.65. The first-order valence-electron chi connectivity index (χ1n) is 13.6. The van der Waals surface area contributed by atoms with Gasteiger partial charge >= 0.3 is 0 Å². The van der Waals surface area contributed by atoms with E-state index in [4.69, 9.17) is 9.47 Å². The van der Waals surface area contributed by atoms with Gasteiger partial charge in [-0.15, -0.1) is 0 Å². The molecule has 3 N–H and O–H groups in total. The number of ether oxygens (including phenoxy) is 2. The molecule has 0 saturated carbocycles. The molecule has 0 aliphatic carbocycles. The molecule has 37 heavy (non-hydrogen) atoms. The van der Waals surface area contributed by atoms with Gasteiger partial charge in [-0.25, -0.2) is 0 Å². The number of rotatable bonds is 2. The second kappa shape index (κ2) is 12.0. The highest BCUT2D eigenvalue weighted by Gasteiger charge is 2.43. The first kappa shape index (κ1) is 25.5. The van der Waals surface area contributed by atoms with Gasteiger partial charge in [-0.2, -0.15) is 0 Å². The molecular weight excluding hydrogens is 468 g/mol. The molecular formula is C29H38N4O4. The summed E-state index contributed by atoms with van der Waals surface area (Å²) < 4.78 is 11.8. The number of carbonyl (C=O) groups excluding carboxylic acids is 2. The molecule has 5 rings (SSSR count). The second-order valence-electron chi connectivity index (χ2n) is 10.1. The zero-order chi connectivity index (χ0) is 25.6. The predicted octanol–water partition coefficient (Wildman–Crippen LogP) is 3.06. The van der Waals surface area contributed by atoms with E-state index in [1.165, 1.54) is 0 Å². The Balaban J connectivity index is 1.57. The van der Waals surface area contributed by atoms with Gasteiger partial charge in [0.15, 0.2) is 0 Å². The molecule has 0 saturated heterocycles. The summed E-state index contributed by atoms with van der Waals surface area (Å²) in [5.41, 5.74) is 2.87. The first-order chi connectivity index (χ1) is 18.1. The van der Waals surface area contributed by atoms with Crippen molar-refractivity contribution >= 4 is 11.8 Å². The number of nitrogens with one attached hydrogen (secondary N) is 3. The fraction of sp³-hybridized carbons (Fsp3) is 0.517. The van der Waals surface area contributed by atoms with Crippen molar-refractivity contribution in [3.63, 3.8) is 0 Å². The van der Waals surface area contributed by atoms with E-state index in [9.17, 15) is 9.59 Å². The standard InChI is InChI=1S/C29H38N4O4/c1-36-22-9-6-20(7-10-22)28-27-23-18-21(8-11-25(23)37-28)24-19-26(34)32-15-5-17-33(29(27)35)16-3-2-12-30-13-4-14-31-24/h6-11,18,24,27-28,30-31H,2-5,12-17,19H2,1H3,(H,32,34)/t24-,27+,28-/m0/s1. The summed E-state index contributed by atoms with van der Waals surface area (Å²) in [6, 6.07) is 13.8. The number of hydrogen-bond donors (Lipinski definition) is 3. The largest absolute Gasteiger partial charge is 0.497 e. The summed E-state index contributed by atoms with van der Waals surface area (Å²) in [6.07, 6.45) is 3.59. The van der Waals surface area contributed by atoms with E-state index in [0.29, 0.717) is 26.1 Å². The van der Waals surface area contributed by atoms with Gasteiger partial charge in [-0.3, -0.25) is 9.59 Å². The van der Waals surface area contributed by atoms with Gasteiger partial charge in [0.1, 0.15) is 23.5 Å². The Bertz CT molecular complexity index is 1090. The van der Waals surface area contributed by atoms with Crippen LogP contribution in [-0.4, -0.2) is 63.1 Å². The van der Waals surface area contributed by atoms with Crippen molar-refractivity contribution in [2.24, 2.45) is 0 Å². The molecule has 3 aliphatic heterocycles. The number of hydrogen-bond acceptors (Lipinski definition) is 6. The van der Waals surface area contributed by atoms with Gasteiger partial charge < -0.3 is 30.3 Å². The SMILES string of the molecule is COc1ccc([C@@H]2Oc3ccc4cc3[C@H]2C(=O)N2CCCCNCCCN[C@H]4CC(=O)NCCC2)cc1. The molecule has 0 unspecified atom stereocenters. The van der Waals surface area contributed by atoms with Crippen LogP contribution in [0.5, 0.6) is 11.5 Å². The summed E-state index contributed by atoms with van der Waals surface area (Å²) in [6.45, 7) is 4.54. The maximum Gasteiger partial charge on any atom is 0.234 e. The zero-order valence-corrected chi connectivity index (χ0v) is 21.6. The van der Waals surface area contributed by atoms with Crippen molar-refractivity contribution in [2.75, 3.05) is 46.4 Å². The van der Waals surface area contributed by atoms with Crippen LogP contribution in [0.1, 0.15) is 66.9 Å². The Morgan fingerprint density at radius 1 is 0.892 bits per heavy atom. The third kappa shape index (κ3) is 5.91.